The van der Waals surface area contributed by atoms with E-state index in [0.29, 0.717) is 18.7 Å². The van der Waals surface area contributed by atoms with Gasteiger partial charge in [-0.15, -0.1) is 0 Å². The van der Waals surface area contributed by atoms with Crippen LogP contribution in [-0.2, 0) is 26.2 Å². The molecule has 0 aliphatic rings. The van der Waals surface area contributed by atoms with Crippen molar-refractivity contribution in [3.05, 3.63) is 94.0 Å². The van der Waals surface area contributed by atoms with Gasteiger partial charge in [0.25, 0.3) is 10.0 Å². The first kappa shape index (κ1) is 31.4. The van der Waals surface area contributed by atoms with Crippen LogP contribution in [0.15, 0.2) is 82.2 Å². The zero-order valence-electron chi connectivity index (χ0n) is 23.6. The van der Waals surface area contributed by atoms with E-state index in [1.54, 1.807) is 48.5 Å². The smallest absolute Gasteiger partial charge is 0.264 e. The number of unbranched alkanes of at least 4 members (excludes halogenated alkanes) is 1. The van der Waals surface area contributed by atoms with E-state index in [0.717, 1.165) is 38.3 Å². The Hall–Kier alpha value is -3.17. The number of anilines is 1. The van der Waals surface area contributed by atoms with Crippen molar-refractivity contribution in [2.45, 2.75) is 64.4 Å². The van der Waals surface area contributed by atoms with E-state index in [2.05, 4.69) is 21.2 Å². The topological polar surface area (TPSA) is 86.8 Å². The molecule has 3 rings (SSSR count). The lowest BCUT2D eigenvalue weighted by atomic mass is 10.1. The molecular weight excluding hydrogens is 590 g/mol. The van der Waals surface area contributed by atoms with Gasteiger partial charge in [-0.05, 0) is 68.7 Å². The third-order valence-corrected chi connectivity index (χ3v) is 9.01. The first-order valence-electron chi connectivity index (χ1n) is 13.5. The molecule has 0 unspecified atom stereocenters. The largest absolute Gasteiger partial charge is 0.354 e. The maximum atomic E-state index is 14.1. The fourth-order valence-electron chi connectivity index (χ4n) is 4.29. The van der Waals surface area contributed by atoms with Crippen LogP contribution in [0.5, 0.6) is 0 Å². The van der Waals surface area contributed by atoms with Crippen molar-refractivity contribution in [2.24, 2.45) is 0 Å². The highest BCUT2D eigenvalue weighted by atomic mass is 79.9. The van der Waals surface area contributed by atoms with Crippen molar-refractivity contribution in [1.29, 1.82) is 0 Å². The first-order chi connectivity index (χ1) is 19.1. The summed E-state index contributed by atoms with van der Waals surface area (Å²) in [5.74, 6) is -0.704. The average molecular weight is 629 g/mol. The number of rotatable bonds is 13. The van der Waals surface area contributed by atoms with Crippen LogP contribution in [0.25, 0.3) is 0 Å². The molecule has 2 amide bonds. The highest BCUT2D eigenvalue weighted by Gasteiger charge is 2.33. The molecule has 214 valence electrons. The number of benzene rings is 3. The standard InChI is InChI=1S/C31H38BrN3O4S/c1-5-7-20-33-31(37)29(6-2)34(21-25-12-8-23(3)9-13-25)30(36)22-35(27-16-14-26(32)15-17-27)40(38,39)28-18-10-24(4)11-19-28/h8-19,29H,5-7,20-22H2,1-4H3,(H,33,37)/t29-/m0/s1. The molecule has 7 nitrogen and oxygen atoms in total. The molecule has 1 N–H and O–H groups in total. The summed E-state index contributed by atoms with van der Waals surface area (Å²) >= 11 is 3.40. The third-order valence-electron chi connectivity index (χ3n) is 6.69. The van der Waals surface area contributed by atoms with E-state index >= 15 is 0 Å². The molecule has 0 aromatic heterocycles. The molecule has 0 aliphatic heterocycles. The van der Waals surface area contributed by atoms with Crippen LogP contribution in [-0.4, -0.2) is 44.3 Å². The second kappa shape index (κ2) is 14.5. The number of aryl methyl sites for hydroxylation is 2. The van der Waals surface area contributed by atoms with E-state index in [1.165, 1.54) is 4.90 Å². The normalized spacial score (nSPS) is 12.0. The predicted octanol–water partition coefficient (Wildman–Crippen LogP) is 5.98. The number of carbonyl (C=O) groups excluding carboxylic acids is 2. The summed E-state index contributed by atoms with van der Waals surface area (Å²) in [5, 5.41) is 2.95. The van der Waals surface area contributed by atoms with Crippen molar-refractivity contribution in [2.75, 3.05) is 17.4 Å². The number of hydrogen-bond donors (Lipinski definition) is 1. The van der Waals surface area contributed by atoms with Gasteiger partial charge in [0.15, 0.2) is 0 Å². The van der Waals surface area contributed by atoms with E-state index in [4.69, 9.17) is 0 Å². The van der Waals surface area contributed by atoms with E-state index in [9.17, 15) is 18.0 Å². The number of carbonyl (C=O) groups is 2. The number of nitrogens with zero attached hydrogens (tertiary/aromatic N) is 2. The Balaban J connectivity index is 2.02. The maximum absolute atomic E-state index is 14.1. The van der Waals surface area contributed by atoms with Gasteiger partial charge in [0.05, 0.1) is 10.6 Å². The van der Waals surface area contributed by atoms with Crippen LogP contribution in [0.4, 0.5) is 5.69 Å². The molecule has 0 heterocycles. The lowest BCUT2D eigenvalue weighted by Gasteiger charge is -2.33. The fourth-order valence-corrected chi connectivity index (χ4v) is 5.97. The van der Waals surface area contributed by atoms with Gasteiger partial charge in [-0.1, -0.05) is 83.7 Å². The van der Waals surface area contributed by atoms with Crippen LogP contribution in [0.2, 0.25) is 0 Å². The minimum Gasteiger partial charge on any atom is -0.354 e. The Morgan fingerprint density at radius 3 is 2.00 bits per heavy atom. The van der Waals surface area contributed by atoms with Crippen LogP contribution < -0.4 is 9.62 Å². The lowest BCUT2D eigenvalue weighted by Crippen LogP contribution is -2.52. The van der Waals surface area contributed by atoms with E-state index in [1.807, 2.05) is 52.0 Å². The monoisotopic (exact) mass is 627 g/mol. The lowest BCUT2D eigenvalue weighted by molar-refractivity contribution is -0.140. The third kappa shape index (κ3) is 8.17. The molecule has 0 saturated carbocycles. The summed E-state index contributed by atoms with van der Waals surface area (Å²) in [7, 11) is -4.09. The van der Waals surface area contributed by atoms with Gasteiger partial charge < -0.3 is 10.2 Å². The SMILES string of the molecule is CCCCNC(=O)[C@H](CC)N(Cc1ccc(C)cc1)C(=O)CN(c1ccc(Br)cc1)S(=O)(=O)c1ccc(C)cc1. The Morgan fingerprint density at radius 1 is 0.875 bits per heavy atom. The molecule has 3 aromatic rings. The van der Waals surface area contributed by atoms with Crippen molar-refractivity contribution < 1.29 is 18.0 Å². The predicted molar refractivity (Wildman–Crippen MR) is 164 cm³/mol. The molecule has 0 fully saturated rings. The first-order valence-corrected chi connectivity index (χ1v) is 15.8. The van der Waals surface area contributed by atoms with Crippen molar-refractivity contribution in [3.8, 4) is 0 Å². The van der Waals surface area contributed by atoms with Gasteiger partial charge in [0, 0.05) is 17.6 Å². The Bertz CT molecular complexity index is 1380. The molecule has 0 aliphatic carbocycles. The summed E-state index contributed by atoms with van der Waals surface area (Å²) in [6, 6.07) is 20.3. The quantitative estimate of drug-likeness (QED) is 0.236. The highest BCUT2D eigenvalue weighted by molar-refractivity contribution is 9.10. The number of nitrogens with one attached hydrogen (secondary N) is 1. The van der Waals surface area contributed by atoms with Gasteiger partial charge in [-0.3, -0.25) is 13.9 Å². The van der Waals surface area contributed by atoms with E-state index in [-0.39, 0.29) is 17.3 Å². The summed E-state index contributed by atoms with van der Waals surface area (Å²) in [6.07, 6.45) is 2.15. The summed E-state index contributed by atoms with van der Waals surface area (Å²) in [4.78, 5) is 28.9. The average Bonchev–Trinajstić information content (AvgIpc) is 2.93. The van der Waals surface area contributed by atoms with Crippen LogP contribution in [0.3, 0.4) is 0 Å². The van der Waals surface area contributed by atoms with Crippen molar-refractivity contribution >= 4 is 43.5 Å². The Labute approximate surface area is 246 Å². The second-order valence-corrected chi connectivity index (χ2v) is 12.7. The molecule has 0 radical (unpaired) electrons. The van der Waals surface area contributed by atoms with Crippen molar-refractivity contribution in [3.63, 3.8) is 0 Å². The fraction of sp³-hybridized carbons (Fsp3) is 0.355. The maximum Gasteiger partial charge on any atom is 0.264 e. The van der Waals surface area contributed by atoms with Gasteiger partial charge in [-0.2, -0.15) is 0 Å². The highest BCUT2D eigenvalue weighted by Crippen LogP contribution is 2.26. The molecular formula is C31H38BrN3O4S. The summed E-state index contributed by atoms with van der Waals surface area (Å²) < 4.78 is 29.7. The minimum atomic E-state index is -4.09. The Morgan fingerprint density at radius 2 is 1.45 bits per heavy atom. The molecule has 40 heavy (non-hydrogen) atoms. The summed E-state index contributed by atoms with van der Waals surface area (Å²) in [5.41, 5.74) is 3.22. The van der Waals surface area contributed by atoms with Crippen LogP contribution >= 0.6 is 15.9 Å². The number of hydrogen-bond acceptors (Lipinski definition) is 4. The van der Waals surface area contributed by atoms with Gasteiger partial charge in [0.2, 0.25) is 11.8 Å². The molecule has 1 atom stereocenters. The number of amides is 2. The zero-order valence-corrected chi connectivity index (χ0v) is 26.0. The number of sulfonamides is 1. The zero-order chi connectivity index (χ0) is 29.3. The second-order valence-electron chi connectivity index (χ2n) is 9.88. The minimum absolute atomic E-state index is 0.0863. The molecule has 3 aromatic carbocycles. The molecule has 9 heteroatoms. The van der Waals surface area contributed by atoms with E-state index < -0.39 is 28.5 Å². The Kier molecular flexibility index (Phi) is 11.3. The van der Waals surface area contributed by atoms with Gasteiger partial charge >= 0.3 is 0 Å². The van der Waals surface area contributed by atoms with Gasteiger partial charge in [-0.25, -0.2) is 8.42 Å². The van der Waals surface area contributed by atoms with Crippen LogP contribution in [0, 0.1) is 13.8 Å². The molecule has 0 bridgehead atoms. The number of halogens is 1. The summed E-state index contributed by atoms with van der Waals surface area (Å²) in [6.45, 7) is 8.00. The van der Waals surface area contributed by atoms with Crippen LogP contribution in [0.1, 0.15) is 49.8 Å². The van der Waals surface area contributed by atoms with Crippen molar-refractivity contribution in [1.82, 2.24) is 10.2 Å². The molecule has 0 spiro atoms. The van der Waals surface area contributed by atoms with Gasteiger partial charge in [0.1, 0.15) is 12.6 Å². The molecule has 0 saturated heterocycles.